The van der Waals surface area contributed by atoms with E-state index < -0.39 is 11.4 Å². The van der Waals surface area contributed by atoms with E-state index >= 15 is 0 Å². The van der Waals surface area contributed by atoms with Gasteiger partial charge in [0.2, 0.25) is 0 Å². The van der Waals surface area contributed by atoms with Crippen molar-refractivity contribution in [3.8, 4) is 11.8 Å². The Morgan fingerprint density at radius 1 is 1.50 bits per heavy atom. The van der Waals surface area contributed by atoms with Gasteiger partial charge in [-0.2, -0.15) is 5.26 Å². The van der Waals surface area contributed by atoms with Crippen LogP contribution in [0.3, 0.4) is 0 Å². The summed E-state index contributed by atoms with van der Waals surface area (Å²) in [5, 5.41) is 9.07. The summed E-state index contributed by atoms with van der Waals surface area (Å²) in [6, 6.07) is 2.18. The third kappa shape index (κ3) is 3.19. The highest BCUT2D eigenvalue weighted by Gasteiger charge is 2.22. The van der Waals surface area contributed by atoms with Gasteiger partial charge >= 0.3 is 0 Å². The van der Waals surface area contributed by atoms with Crippen LogP contribution in [0.15, 0.2) is 6.20 Å². The summed E-state index contributed by atoms with van der Waals surface area (Å²) in [5.41, 5.74) is 0.720. The Bertz CT molecular complexity index is 472. The Morgan fingerprint density at radius 2 is 2.11 bits per heavy atom. The molecule has 0 fully saturated rings. The molecule has 0 spiro atoms. The zero-order valence-electron chi connectivity index (χ0n) is 11.5. The summed E-state index contributed by atoms with van der Waals surface area (Å²) in [7, 11) is 0. The monoisotopic (exact) mass is 250 g/mol. The second-order valence-electron chi connectivity index (χ2n) is 5.25. The van der Waals surface area contributed by atoms with Crippen molar-refractivity contribution in [2.45, 2.75) is 52.6 Å². The van der Waals surface area contributed by atoms with Gasteiger partial charge in [-0.05, 0) is 34.1 Å². The lowest BCUT2D eigenvalue weighted by molar-refractivity contribution is 0.122. The summed E-state index contributed by atoms with van der Waals surface area (Å²) in [4.78, 5) is 4.03. The van der Waals surface area contributed by atoms with Crippen LogP contribution in [0.4, 0.5) is 4.39 Å². The highest BCUT2D eigenvalue weighted by molar-refractivity contribution is 5.39. The van der Waals surface area contributed by atoms with Gasteiger partial charge in [-0.25, -0.2) is 4.39 Å². The van der Waals surface area contributed by atoms with Crippen molar-refractivity contribution in [2.24, 2.45) is 0 Å². The molecule has 1 heterocycles. The third-order valence-electron chi connectivity index (χ3n) is 2.56. The smallest absolute Gasteiger partial charge is 0.183 e. The minimum atomic E-state index is -0.488. The Labute approximate surface area is 108 Å². The quantitative estimate of drug-likeness (QED) is 0.821. The van der Waals surface area contributed by atoms with Crippen molar-refractivity contribution in [3.05, 3.63) is 23.3 Å². The molecule has 4 heteroatoms. The normalized spacial score (nSPS) is 12.9. The van der Waals surface area contributed by atoms with Crippen LogP contribution < -0.4 is 4.74 Å². The Kier molecular flexibility index (Phi) is 4.28. The minimum Gasteiger partial charge on any atom is -0.485 e. The number of nitriles is 1. The first-order chi connectivity index (χ1) is 8.30. The molecule has 0 aromatic carbocycles. The van der Waals surface area contributed by atoms with Gasteiger partial charge in [0.15, 0.2) is 11.6 Å². The summed E-state index contributed by atoms with van der Waals surface area (Å²) in [5.74, 6) is -0.618. The van der Waals surface area contributed by atoms with E-state index in [1.54, 1.807) is 6.92 Å². The molecule has 1 aromatic rings. The summed E-state index contributed by atoms with van der Waals surface area (Å²) in [6.07, 6.45) is 1.77. The molecule has 1 rings (SSSR count). The van der Waals surface area contributed by atoms with Gasteiger partial charge in [-0.1, -0.05) is 6.92 Å². The van der Waals surface area contributed by atoms with Crippen molar-refractivity contribution in [3.63, 3.8) is 0 Å². The van der Waals surface area contributed by atoms with Gasteiger partial charge in [-0.15, -0.1) is 0 Å². The van der Waals surface area contributed by atoms with E-state index in [2.05, 4.69) is 11.1 Å². The Morgan fingerprint density at radius 3 is 2.56 bits per heavy atom. The first-order valence-corrected chi connectivity index (χ1v) is 6.03. The maximum atomic E-state index is 13.8. The standard InChI is InChI=1S/C14H19FN2O/c1-6-10(7-16)12-9(2)13(11(15)8-17-12)18-14(3,4)5/h8,10H,6H2,1-5H3. The zero-order valence-corrected chi connectivity index (χ0v) is 11.5. The average molecular weight is 250 g/mol. The molecule has 1 atom stereocenters. The lowest BCUT2D eigenvalue weighted by Crippen LogP contribution is -2.24. The number of nitrogens with zero attached hydrogens (tertiary/aromatic N) is 2. The molecule has 0 amide bonds. The average Bonchev–Trinajstić information content (AvgIpc) is 2.27. The molecule has 0 aliphatic heterocycles. The van der Waals surface area contributed by atoms with Crippen LogP contribution >= 0.6 is 0 Å². The van der Waals surface area contributed by atoms with Crippen LogP contribution in [0.1, 0.15) is 51.3 Å². The summed E-state index contributed by atoms with van der Waals surface area (Å²) >= 11 is 0. The van der Waals surface area contributed by atoms with Gasteiger partial charge in [-0.3, -0.25) is 4.98 Å². The highest BCUT2D eigenvalue weighted by Crippen LogP contribution is 2.31. The number of aromatic nitrogens is 1. The molecule has 0 N–H and O–H groups in total. The molecule has 0 saturated heterocycles. The van der Waals surface area contributed by atoms with E-state index in [1.807, 2.05) is 27.7 Å². The Balaban J connectivity index is 3.27. The van der Waals surface area contributed by atoms with Crippen molar-refractivity contribution < 1.29 is 9.13 Å². The fraction of sp³-hybridized carbons (Fsp3) is 0.571. The van der Waals surface area contributed by atoms with Crippen LogP contribution in [-0.2, 0) is 0 Å². The highest BCUT2D eigenvalue weighted by atomic mass is 19.1. The van der Waals surface area contributed by atoms with Crippen LogP contribution in [0.2, 0.25) is 0 Å². The van der Waals surface area contributed by atoms with Crippen molar-refractivity contribution in [1.82, 2.24) is 4.98 Å². The second-order valence-corrected chi connectivity index (χ2v) is 5.25. The first kappa shape index (κ1) is 14.4. The number of rotatable bonds is 3. The number of hydrogen-bond acceptors (Lipinski definition) is 3. The summed E-state index contributed by atoms with van der Waals surface area (Å²) in [6.45, 7) is 9.21. The molecule has 0 radical (unpaired) electrons. The zero-order chi connectivity index (χ0) is 13.9. The molecule has 1 aromatic heterocycles. The fourth-order valence-corrected chi connectivity index (χ4v) is 1.71. The van der Waals surface area contributed by atoms with Crippen LogP contribution in [0, 0.1) is 24.1 Å². The lowest BCUT2D eigenvalue weighted by atomic mass is 9.99. The molecule has 3 nitrogen and oxygen atoms in total. The van der Waals surface area contributed by atoms with E-state index in [-0.39, 0.29) is 11.7 Å². The third-order valence-corrected chi connectivity index (χ3v) is 2.56. The van der Waals surface area contributed by atoms with Gasteiger partial charge in [0.05, 0.1) is 23.9 Å². The molecule has 0 bridgehead atoms. The van der Waals surface area contributed by atoms with Crippen LogP contribution in [0.25, 0.3) is 0 Å². The maximum Gasteiger partial charge on any atom is 0.183 e. The molecule has 1 unspecified atom stereocenters. The molecule has 18 heavy (non-hydrogen) atoms. The van der Waals surface area contributed by atoms with Gasteiger partial charge in [0.25, 0.3) is 0 Å². The molecule has 98 valence electrons. The van der Waals surface area contributed by atoms with E-state index in [4.69, 9.17) is 10.00 Å². The summed E-state index contributed by atoms with van der Waals surface area (Å²) < 4.78 is 19.4. The van der Waals surface area contributed by atoms with Crippen molar-refractivity contribution in [1.29, 1.82) is 5.26 Å². The number of ether oxygens (including phenoxy) is 1. The second kappa shape index (κ2) is 5.34. The molecule has 0 aliphatic carbocycles. The number of hydrogen-bond donors (Lipinski definition) is 0. The molecular formula is C14H19FN2O. The van der Waals surface area contributed by atoms with E-state index in [9.17, 15) is 4.39 Å². The SMILES string of the molecule is CCC(C#N)c1ncc(F)c(OC(C)(C)C)c1C. The molecular weight excluding hydrogens is 231 g/mol. The largest absolute Gasteiger partial charge is 0.485 e. The number of pyridine rings is 1. The topological polar surface area (TPSA) is 45.9 Å². The predicted molar refractivity (Wildman–Crippen MR) is 68.0 cm³/mol. The molecule has 0 saturated carbocycles. The van der Waals surface area contributed by atoms with Crippen molar-refractivity contribution >= 4 is 0 Å². The van der Waals surface area contributed by atoms with Crippen LogP contribution in [0.5, 0.6) is 5.75 Å². The predicted octanol–water partition coefficient (Wildman–Crippen LogP) is 3.72. The first-order valence-electron chi connectivity index (χ1n) is 6.03. The van der Waals surface area contributed by atoms with Crippen LogP contribution in [-0.4, -0.2) is 10.6 Å². The molecule has 0 aliphatic rings. The van der Waals surface area contributed by atoms with Gasteiger partial charge in [0, 0.05) is 5.56 Å². The Hall–Kier alpha value is -1.63. The van der Waals surface area contributed by atoms with Gasteiger partial charge in [0.1, 0.15) is 5.60 Å². The number of halogens is 1. The minimum absolute atomic E-state index is 0.196. The van der Waals surface area contributed by atoms with Crippen molar-refractivity contribution in [2.75, 3.05) is 0 Å². The van der Waals surface area contributed by atoms with E-state index in [0.29, 0.717) is 17.7 Å². The fourth-order valence-electron chi connectivity index (χ4n) is 1.71. The van der Waals surface area contributed by atoms with E-state index in [0.717, 1.165) is 6.20 Å². The van der Waals surface area contributed by atoms with E-state index in [1.165, 1.54) is 0 Å². The lowest BCUT2D eigenvalue weighted by Gasteiger charge is -2.24. The van der Waals surface area contributed by atoms with Gasteiger partial charge < -0.3 is 4.74 Å². The maximum absolute atomic E-state index is 13.8.